The molecule has 2 heteroatoms. The van der Waals surface area contributed by atoms with E-state index in [0.29, 0.717) is 11.3 Å². The van der Waals surface area contributed by atoms with E-state index in [-0.39, 0.29) is 5.41 Å². The lowest BCUT2D eigenvalue weighted by molar-refractivity contribution is -0.0801. The van der Waals surface area contributed by atoms with E-state index < -0.39 is 12.2 Å². The quantitative estimate of drug-likeness (QED) is 0.525. The summed E-state index contributed by atoms with van der Waals surface area (Å²) in [7, 11) is 0. The van der Waals surface area contributed by atoms with Crippen molar-refractivity contribution >= 4 is 0 Å². The van der Waals surface area contributed by atoms with Crippen LogP contribution >= 0.6 is 0 Å². The van der Waals surface area contributed by atoms with Gasteiger partial charge in [-0.2, -0.15) is 0 Å². The molecule has 2 nitrogen and oxygen atoms in total. The number of allylic oxidation sites excluding steroid dienone is 1. The van der Waals surface area contributed by atoms with Crippen LogP contribution in [0.5, 0.6) is 0 Å². The summed E-state index contributed by atoms with van der Waals surface area (Å²) in [4.78, 5) is 0. The van der Waals surface area contributed by atoms with E-state index in [9.17, 15) is 10.2 Å². The summed E-state index contributed by atoms with van der Waals surface area (Å²) in [5.41, 5.74) is 1.81. The van der Waals surface area contributed by atoms with Gasteiger partial charge in [0.05, 0.1) is 6.10 Å². The molecule has 0 aliphatic heterocycles. The lowest BCUT2D eigenvalue weighted by Crippen LogP contribution is -2.53. The third kappa shape index (κ3) is 3.55. The van der Waals surface area contributed by atoms with E-state index in [1.165, 1.54) is 50.5 Å². The fourth-order valence-electron chi connectivity index (χ4n) is 8.74. The summed E-state index contributed by atoms with van der Waals surface area (Å²) in [6.45, 7) is 12.3. The molecule has 4 aliphatic carbocycles. The van der Waals surface area contributed by atoms with Gasteiger partial charge in [0.1, 0.15) is 6.10 Å². The molecule has 0 aromatic rings. The molecule has 0 bridgehead atoms. The third-order valence-corrected chi connectivity index (χ3v) is 10.4. The number of rotatable bonds is 5. The van der Waals surface area contributed by atoms with Crippen LogP contribution in [0.2, 0.25) is 0 Å². The van der Waals surface area contributed by atoms with Crippen LogP contribution in [0, 0.1) is 46.3 Å². The molecule has 0 radical (unpaired) electrons. The van der Waals surface area contributed by atoms with Crippen molar-refractivity contribution in [1.29, 1.82) is 0 Å². The van der Waals surface area contributed by atoms with Crippen molar-refractivity contribution in [3.05, 3.63) is 11.6 Å². The molecule has 4 rings (SSSR count). The second-order valence-electron chi connectivity index (χ2n) is 12.3. The van der Waals surface area contributed by atoms with Gasteiger partial charge in [0.15, 0.2) is 0 Å². The molecule has 0 unspecified atom stereocenters. The van der Waals surface area contributed by atoms with Gasteiger partial charge in [-0.1, -0.05) is 60.0 Å². The van der Waals surface area contributed by atoms with Gasteiger partial charge >= 0.3 is 0 Å². The SMILES string of the molecule is CC(C)CCC[C@H](C)[C@@H]1CC[C@@H]2[C@@H]3CC=C4[C@@H](O)[C@@H](O)CC[C@]4(C)[C@@H]3CC[C@@]21C. The van der Waals surface area contributed by atoms with Crippen molar-refractivity contribution in [1.82, 2.24) is 0 Å². The van der Waals surface area contributed by atoms with Gasteiger partial charge in [-0.3, -0.25) is 0 Å². The molecule has 4 aliphatic rings. The van der Waals surface area contributed by atoms with Gasteiger partial charge in [0.25, 0.3) is 0 Å². The highest BCUT2D eigenvalue weighted by atomic mass is 16.3. The first kappa shape index (κ1) is 21.9. The summed E-state index contributed by atoms with van der Waals surface area (Å²) < 4.78 is 0. The fourth-order valence-corrected chi connectivity index (χ4v) is 8.74. The van der Waals surface area contributed by atoms with Gasteiger partial charge < -0.3 is 10.2 Å². The summed E-state index contributed by atoms with van der Waals surface area (Å²) >= 11 is 0. The largest absolute Gasteiger partial charge is 0.390 e. The van der Waals surface area contributed by atoms with Crippen molar-refractivity contribution in [2.45, 2.75) is 111 Å². The molecule has 0 amide bonds. The molecular formula is C27H46O2. The Labute approximate surface area is 179 Å². The highest BCUT2D eigenvalue weighted by Gasteiger charge is 2.60. The van der Waals surface area contributed by atoms with Crippen LogP contribution in [0.4, 0.5) is 0 Å². The van der Waals surface area contributed by atoms with Gasteiger partial charge in [-0.25, -0.2) is 0 Å². The number of hydrogen-bond donors (Lipinski definition) is 2. The van der Waals surface area contributed by atoms with Crippen molar-refractivity contribution in [2.24, 2.45) is 46.3 Å². The standard InChI is InChI=1S/C27H46O2/c1-17(2)7-6-8-18(3)20-11-12-21-19-9-10-23-25(29)24(28)14-16-27(23,5)22(19)13-15-26(20,21)4/h10,17-22,24-25,28-29H,6-9,11-16H2,1-5H3/t18-,19-,20-,21+,22+,24-,25+,26+,27+/m0/s1. The van der Waals surface area contributed by atoms with E-state index >= 15 is 0 Å². The average molecular weight is 403 g/mol. The van der Waals surface area contributed by atoms with Crippen LogP contribution in [-0.2, 0) is 0 Å². The average Bonchev–Trinajstić information content (AvgIpc) is 3.02. The summed E-state index contributed by atoms with van der Waals surface area (Å²) in [5.74, 6) is 4.95. The molecular weight excluding hydrogens is 356 g/mol. The molecule has 9 atom stereocenters. The minimum atomic E-state index is -0.625. The number of fused-ring (bicyclic) bond motifs is 5. The number of hydrogen-bond acceptors (Lipinski definition) is 2. The molecule has 2 N–H and O–H groups in total. The van der Waals surface area contributed by atoms with Crippen molar-refractivity contribution in [3.8, 4) is 0 Å². The van der Waals surface area contributed by atoms with Crippen molar-refractivity contribution in [3.63, 3.8) is 0 Å². The molecule has 0 spiro atoms. The lowest BCUT2D eigenvalue weighted by Gasteiger charge is -2.59. The Balaban J connectivity index is 1.51. The molecule has 29 heavy (non-hydrogen) atoms. The Hall–Kier alpha value is -0.340. The molecule has 0 saturated heterocycles. The van der Waals surface area contributed by atoms with Gasteiger partial charge in [0.2, 0.25) is 0 Å². The lowest BCUT2D eigenvalue weighted by atomic mass is 9.46. The van der Waals surface area contributed by atoms with Crippen molar-refractivity contribution < 1.29 is 10.2 Å². The summed E-state index contributed by atoms with van der Waals surface area (Å²) in [6, 6.07) is 0. The fraction of sp³-hybridized carbons (Fsp3) is 0.926. The van der Waals surface area contributed by atoms with Gasteiger partial charge in [-0.15, -0.1) is 0 Å². The Morgan fingerprint density at radius 3 is 2.45 bits per heavy atom. The molecule has 3 saturated carbocycles. The van der Waals surface area contributed by atoms with Crippen LogP contribution in [0.15, 0.2) is 11.6 Å². The molecule has 0 heterocycles. The topological polar surface area (TPSA) is 40.5 Å². The first-order chi connectivity index (χ1) is 13.7. The normalized spacial score (nSPS) is 47.9. The van der Waals surface area contributed by atoms with E-state index in [4.69, 9.17) is 0 Å². The smallest absolute Gasteiger partial charge is 0.101 e. The maximum absolute atomic E-state index is 10.7. The Morgan fingerprint density at radius 1 is 0.966 bits per heavy atom. The highest BCUT2D eigenvalue weighted by molar-refractivity contribution is 5.29. The van der Waals surface area contributed by atoms with Crippen LogP contribution in [0.3, 0.4) is 0 Å². The summed E-state index contributed by atoms with van der Waals surface area (Å²) in [6.07, 6.45) is 13.9. The second-order valence-corrected chi connectivity index (χ2v) is 12.3. The van der Waals surface area contributed by atoms with E-state index in [0.717, 1.165) is 48.9 Å². The maximum atomic E-state index is 10.7. The molecule has 166 valence electrons. The van der Waals surface area contributed by atoms with E-state index in [1.54, 1.807) is 0 Å². The molecule has 0 aromatic carbocycles. The first-order valence-electron chi connectivity index (χ1n) is 12.7. The Morgan fingerprint density at radius 2 is 1.72 bits per heavy atom. The van der Waals surface area contributed by atoms with E-state index in [1.807, 2.05) is 0 Å². The van der Waals surface area contributed by atoms with Gasteiger partial charge in [-0.05, 0) is 96.9 Å². The zero-order valence-corrected chi connectivity index (χ0v) is 19.7. The number of aliphatic hydroxyl groups is 2. The minimum absolute atomic E-state index is 0.115. The first-order valence-corrected chi connectivity index (χ1v) is 12.7. The summed E-state index contributed by atoms with van der Waals surface area (Å²) in [5, 5.41) is 20.9. The van der Waals surface area contributed by atoms with Crippen LogP contribution < -0.4 is 0 Å². The number of aliphatic hydroxyl groups excluding tert-OH is 2. The highest BCUT2D eigenvalue weighted by Crippen LogP contribution is 2.67. The van der Waals surface area contributed by atoms with Gasteiger partial charge in [0, 0.05) is 0 Å². The Kier molecular flexibility index (Phi) is 6.01. The molecule has 3 fully saturated rings. The minimum Gasteiger partial charge on any atom is -0.390 e. The molecule has 0 aromatic heterocycles. The zero-order chi connectivity index (χ0) is 21.0. The van der Waals surface area contributed by atoms with E-state index in [2.05, 4.69) is 40.7 Å². The van der Waals surface area contributed by atoms with Crippen LogP contribution in [0.25, 0.3) is 0 Å². The predicted molar refractivity (Wildman–Crippen MR) is 120 cm³/mol. The zero-order valence-electron chi connectivity index (χ0n) is 19.7. The van der Waals surface area contributed by atoms with Crippen LogP contribution in [-0.4, -0.2) is 22.4 Å². The second kappa shape index (κ2) is 7.97. The van der Waals surface area contributed by atoms with Crippen LogP contribution in [0.1, 0.15) is 98.8 Å². The van der Waals surface area contributed by atoms with Crippen molar-refractivity contribution in [2.75, 3.05) is 0 Å². The maximum Gasteiger partial charge on any atom is 0.101 e. The Bertz CT molecular complexity index is 624. The monoisotopic (exact) mass is 402 g/mol. The predicted octanol–water partition coefficient (Wildman–Crippen LogP) is 6.36. The third-order valence-electron chi connectivity index (χ3n) is 10.4.